The number of hydrogen-bond acceptors (Lipinski definition) is 5. The maximum atomic E-state index is 11.9. The van der Waals surface area contributed by atoms with E-state index < -0.39 is 0 Å². The van der Waals surface area contributed by atoms with E-state index in [2.05, 4.69) is 15.3 Å². The summed E-state index contributed by atoms with van der Waals surface area (Å²) in [6.07, 6.45) is 0. The lowest BCUT2D eigenvalue weighted by molar-refractivity contribution is -0.120. The van der Waals surface area contributed by atoms with E-state index in [9.17, 15) is 4.79 Å². The van der Waals surface area contributed by atoms with Crippen LogP contribution >= 0.6 is 0 Å². The van der Waals surface area contributed by atoms with Crippen molar-refractivity contribution in [2.24, 2.45) is 11.7 Å². The van der Waals surface area contributed by atoms with E-state index in [1.54, 1.807) is 0 Å². The molecule has 1 aliphatic rings. The van der Waals surface area contributed by atoms with E-state index in [1.165, 1.54) is 0 Å². The highest BCUT2D eigenvalue weighted by atomic mass is 16.5. The molecule has 1 saturated heterocycles. The summed E-state index contributed by atoms with van der Waals surface area (Å²) in [5, 5.41) is 2.67. The number of nitrogens with two attached hydrogens (primary N) is 1. The first kappa shape index (κ1) is 11.9. The molecule has 0 spiro atoms. The Labute approximate surface area is 99.6 Å². The number of aromatic nitrogens is 2. The zero-order chi connectivity index (χ0) is 12.4. The molecule has 2 unspecified atom stereocenters. The molecule has 3 N–H and O–H groups in total. The van der Waals surface area contributed by atoms with Crippen LogP contribution < -0.4 is 11.1 Å². The molecule has 1 aromatic rings. The first-order valence-electron chi connectivity index (χ1n) is 5.53. The molecule has 0 aromatic carbocycles. The Bertz CT molecular complexity index is 415. The lowest BCUT2D eigenvalue weighted by Crippen LogP contribution is -2.37. The molecule has 1 fully saturated rings. The van der Waals surface area contributed by atoms with Crippen molar-refractivity contribution < 1.29 is 9.53 Å². The Balaban J connectivity index is 2.07. The molecule has 0 radical (unpaired) electrons. The van der Waals surface area contributed by atoms with Crippen molar-refractivity contribution >= 4 is 11.9 Å². The van der Waals surface area contributed by atoms with E-state index in [1.807, 2.05) is 19.9 Å². The van der Waals surface area contributed by atoms with Crippen LogP contribution in [0.1, 0.15) is 11.4 Å². The summed E-state index contributed by atoms with van der Waals surface area (Å²) in [4.78, 5) is 20.2. The van der Waals surface area contributed by atoms with Gasteiger partial charge in [-0.05, 0) is 19.9 Å². The first-order valence-corrected chi connectivity index (χ1v) is 5.53. The summed E-state index contributed by atoms with van der Waals surface area (Å²) >= 11 is 0. The molecule has 1 aromatic heterocycles. The van der Waals surface area contributed by atoms with Crippen LogP contribution in [-0.2, 0) is 9.53 Å². The van der Waals surface area contributed by atoms with E-state index in [0.29, 0.717) is 19.2 Å². The molecule has 2 rings (SSSR count). The Morgan fingerprint density at radius 3 is 2.59 bits per heavy atom. The summed E-state index contributed by atoms with van der Waals surface area (Å²) in [5.41, 5.74) is 7.41. The monoisotopic (exact) mass is 236 g/mol. The number of hydrogen-bond donors (Lipinski definition) is 2. The zero-order valence-electron chi connectivity index (χ0n) is 9.93. The van der Waals surface area contributed by atoms with Gasteiger partial charge in [-0.2, -0.15) is 0 Å². The van der Waals surface area contributed by atoms with E-state index in [4.69, 9.17) is 10.5 Å². The van der Waals surface area contributed by atoms with Gasteiger partial charge in [-0.15, -0.1) is 0 Å². The number of rotatable bonds is 2. The number of carbonyl (C=O) groups excluding carboxylic acids is 1. The molecule has 6 nitrogen and oxygen atoms in total. The third-order valence-electron chi connectivity index (χ3n) is 2.68. The predicted octanol–water partition coefficient (Wildman–Crippen LogP) is 0.00564. The van der Waals surface area contributed by atoms with Crippen molar-refractivity contribution in [2.75, 3.05) is 18.5 Å². The molecule has 6 heteroatoms. The van der Waals surface area contributed by atoms with Crippen molar-refractivity contribution in [1.29, 1.82) is 0 Å². The molecule has 17 heavy (non-hydrogen) atoms. The van der Waals surface area contributed by atoms with Crippen LogP contribution in [0.25, 0.3) is 0 Å². The molecule has 0 aliphatic carbocycles. The lowest BCUT2D eigenvalue weighted by atomic mass is 10.0. The number of carbonyl (C=O) groups is 1. The number of amides is 1. The van der Waals surface area contributed by atoms with Crippen LogP contribution in [0.5, 0.6) is 0 Å². The first-order chi connectivity index (χ1) is 8.06. The molecule has 0 saturated carbocycles. The second-order valence-electron chi connectivity index (χ2n) is 4.27. The minimum absolute atomic E-state index is 0.181. The largest absolute Gasteiger partial charge is 0.379 e. The SMILES string of the molecule is Cc1cc(C)nc(NC(=O)C2COCC2N)n1. The van der Waals surface area contributed by atoms with Crippen LogP contribution in [0, 0.1) is 19.8 Å². The van der Waals surface area contributed by atoms with E-state index >= 15 is 0 Å². The third kappa shape index (κ3) is 2.78. The van der Waals surface area contributed by atoms with Gasteiger partial charge in [0.05, 0.1) is 19.1 Å². The van der Waals surface area contributed by atoms with Crippen LogP contribution in [0.2, 0.25) is 0 Å². The predicted molar refractivity (Wildman–Crippen MR) is 62.4 cm³/mol. The van der Waals surface area contributed by atoms with Gasteiger partial charge in [-0.3, -0.25) is 10.1 Å². The van der Waals surface area contributed by atoms with Crippen molar-refractivity contribution in [3.8, 4) is 0 Å². The topological polar surface area (TPSA) is 90.1 Å². The average Bonchev–Trinajstić information content (AvgIpc) is 2.62. The minimum Gasteiger partial charge on any atom is -0.379 e. The summed E-state index contributed by atoms with van der Waals surface area (Å²) in [5.74, 6) is -0.175. The number of nitrogens with one attached hydrogen (secondary N) is 1. The normalized spacial score (nSPS) is 23.7. The van der Waals surface area contributed by atoms with Gasteiger partial charge in [0.2, 0.25) is 11.9 Å². The Hall–Kier alpha value is -1.53. The smallest absolute Gasteiger partial charge is 0.233 e. The van der Waals surface area contributed by atoms with E-state index in [-0.39, 0.29) is 17.9 Å². The molecule has 2 heterocycles. The summed E-state index contributed by atoms with van der Waals surface area (Å²) in [7, 11) is 0. The highest BCUT2D eigenvalue weighted by Crippen LogP contribution is 2.14. The second kappa shape index (κ2) is 4.77. The fourth-order valence-electron chi connectivity index (χ4n) is 1.83. The quantitative estimate of drug-likeness (QED) is 0.754. The van der Waals surface area contributed by atoms with E-state index in [0.717, 1.165) is 11.4 Å². The Morgan fingerprint density at radius 1 is 1.41 bits per heavy atom. The molecule has 92 valence electrons. The van der Waals surface area contributed by atoms with Crippen LogP contribution in [0.15, 0.2) is 6.07 Å². The van der Waals surface area contributed by atoms with Gasteiger partial charge in [0.25, 0.3) is 0 Å². The third-order valence-corrected chi connectivity index (χ3v) is 2.68. The molecule has 2 atom stereocenters. The highest BCUT2D eigenvalue weighted by Gasteiger charge is 2.31. The van der Waals surface area contributed by atoms with Gasteiger partial charge < -0.3 is 10.5 Å². The zero-order valence-corrected chi connectivity index (χ0v) is 9.93. The molecule has 1 aliphatic heterocycles. The number of ether oxygens (including phenoxy) is 1. The molecule has 0 bridgehead atoms. The highest BCUT2D eigenvalue weighted by molar-refractivity contribution is 5.91. The number of anilines is 1. The number of aryl methyl sites for hydroxylation is 2. The number of nitrogens with zero attached hydrogens (tertiary/aromatic N) is 2. The van der Waals surface area contributed by atoms with Gasteiger partial charge in [-0.25, -0.2) is 9.97 Å². The lowest BCUT2D eigenvalue weighted by Gasteiger charge is -2.12. The van der Waals surface area contributed by atoms with Crippen LogP contribution in [-0.4, -0.2) is 35.1 Å². The van der Waals surface area contributed by atoms with Gasteiger partial charge in [0, 0.05) is 17.4 Å². The van der Waals surface area contributed by atoms with Gasteiger partial charge in [-0.1, -0.05) is 0 Å². The fourth-order valence-corrected chi connectivity index (χ4v) is 1.83. The van der Waals surface area contributed by atoms with Gasteiger partial charge >= 0.3 is 0 Å². The Morgan fingerprint density at radius 2 is 2.06 bits per heavy atom. The van der Waals surface area contributed by atoms with Crippen molar-refractivity contribution in [1.82, 2.24) is 9.97 Å². The Kier molecular flexibility index (Phi) is 3.35. The maximum Gasteiger partial charge on any atom is 0.233 e. The van der Waals surface area contributed by atoms with Gasteiger partial charge in [0.1, 0.15) is 0 Å². The summed E-state index contributed by atoms with van der Waals surface area (Å²) in [6, 6.07) is 1.60. The van der Waals surface area contributed by atoms with Crippen molar-refractivity contribution in [2.45, 2.75) is 19.9 Å². The van der Waals surface area contributed by atoms with Gasteiger partial charge in [0.15, 0.2) is 0 Å². The minimum atomic E-state index is -0.320. The average molecular weight is 236 g/mol. The second-order valence-corrected chi connectivity index (χ2v) is 4.27. The van der Waals surface area contributed by atoms with Crippen molar-refractivity contribution in [3.63, 3.8) is 0 Å². The van der Waals surface area contributed by atoms with Crippen LogP contribution in [0.3, 0.4) is 0 Å². The maximum absolute atomic E-state index is 11.9. The molecule has 1 amide bonds. The van der Waals surface area contributed by atoms with Crippen molar-refractivity contribution in [3.05, 3.63) is 17.5 Å². The molecular weight excluding hydrogens is 220 g/mol. The summed E-state index contributed by atoms with van der Waals surface area (Å²) < 4.78 is 5.15. The fraction of sp³-hybridized carbons (Fsp3) is 0.545. The molecular formula is C11H16N4O2. The standard InChI is InChI=1S/C11H16N4O2/c1-6-3-7(2)14-11(13-6)15-10(16)8-4-17-5-9(8)12/h3,8-9H,4-5,12H2,1-2H3,(H,13,14,15,16). The van der Waals surface area contributed by atoms with Crippen LogP contribution in [0.4, 0.5) is 5.95 Å². The summed E-state index contributed by atoms with van der Waals surface area (Å²) in [6.45, 7) is 4.49.